The molecular weight excluding hydrogens is 141 g/mol. The van der Waals surface area contributed by atoms with Gasteiger partial charge in [-0.3, -0.25) is 4.90 Å². The first-order chi connectivity index (χ1) is 5.13. The standard InChI is InChI=1S/C7H10BNO2/c1-9(4-5-10)7(2-3-7)6(8)11/h5H,2-4H2,1H3. The number of nitrogens with zero attached hydrogens (tertiary/aromatic N) is 1. The van der Waals surface area contributed by atoms with E-state index in [0.29, 0.717) is 0 Å². The van der Waals surface area contributed by atoms with Gasteiger partial charge in [-0.25, -0.2) is 0 Å². The summed E-state index contributed by atoms with van der Waals surface area (Å²) in [5, 5.41) is 0. The monoisotopic (exact) mass is 151 g/mol. The van der Waals surface area contributed by atoms with Crippen molar-refractivity contribution in [3.05, 3.63) is 0 Å². The first kappa shape index (κ1) is 8.46. The Kier molecular flexibility index (Phi) is 2.14. The fourth-order valence-corrected chi connectivity index (χ4v) is 1.22. The molecule has 1 fully saturated rings. The molecule has 0 aromatic rings. The van der Waals surface area contributed by atoms with Crippen LogP contribution in [0.25, 0.3) is 0 Å². The van der Waals surface area contributed by atoms with Gasteiger partial charge in [-0.2, -0.15) is 0 Å². The summed E-state index contributed by atoms with van der Waals surface area (Å²) < 4.78 is 0. The van der Waals surface area contributed by atoms with E-state index in [2.05, 4.69) is 0 Å². The van der Waals surface area contributed by atoms with Crippen molar-refractivity contribution in [3.8, 4) is 0 Å². The summed E-state index contributed by atoms with van der Waals surface area (Å²) in [4.78, 5) is 22.7. The highest BCUT2D eigenvalue weighted by Gasteiger charge is 2.49. The van der Waals surface area contributed by atoms with Gasteiger partial charge in [-0.1, -0.05) is 0 Å². The molecule has 58 valence electrons. The van der Waals surface area contributed by atoms with Crippen molar-refractivity contribution in [2.45, 2.75) is 18.4 Å². The van der Waals surface area contributed by atoms with Crippen molar-refractivity contribution in [3.63, 3.8) is 0 Å². The van der Waals surface area contributed by atoms with E-state index >= 15 is 0 Å². The Hall–Kier alpha value is -0.635. The third-order valence-corrected chi connectivity index (χ3v) is 2.26. The van der Waals surface area contributed by atoms with E-state index in [1.54, 1.807) is 11.9 Å². The van der Waals surface area contributed by atoms with Crippen molar-refractivity contribution < 1.29 is 9.59 Å². The highest BCUT2D eigenvalue weighted by Crippen LogP contribution is 2.40. The molecule has 1 aliphatic carbocycles. The van der Waals surface area contributed by atoms with Crippen LogP contribution in [0.15, 0.2) is 0 Å². The number of likely N-dealkylation sites (N-methyl/N-ethyl adjacent to an activating group) is 1. The zero-order valence-electron chi connectivity index (χ0n) is 6.54. The second kappa shape index (κ2) is 2.78. The second-order valence-corrected chi connectivity index (χ2v) is 2.94. The normalized spacial score (nSPS) is 19.8. The van der Waals surface area contributed by atoms with Gasteiger partial charge in [0.05, 0.1) is 17.8 Å². The number of rotatable bonds is 4. The van der Waals surface area contributed by atoms with Crippen LogP contribution in [-0.2, 0) is 9.59 Å². The molecule has 0 N–H and O–H groups in total. The minimum Gasteiger partial charge on any atom is -0.311 e. The second-order valence-electron chi connectivity index (χ2n) is 2.94. The molecule has 0 atom stereocenters. The van der Waals surface area contributed by atoms with Crippen molar-refractivity contribution in [1.29, 1.82) is 0 Å². The average molecular weight is 151 g/mol. The first-order valence-corrected chi connectivity index (χ1v) is 3.58. The summed E-state index contributed by atoms with van der Waals surface area (Å²) in [6, 6.07) is 0. The predicted octanol–water partition coefficient (Wildman–Crippen LogP) is -0.655. The summed E-state index contributed by atoms with van der Waals surface area (Å²) in [6.45, 7) is 0.281. The molecular formula is C7H10BNO2. The molecule has 0 spiro atoms. The predicted molar refractivity (Wildman–Crippen MR) is 41.4 cm³/mol. The topological polar surface area (TPSA) is 37.4 Å². The molecule has 0 aliphatic heterocycles. The third-order valence-electron chi connectivity index (χ3n) is 2.26. The first-order valence-electron chi connectivity index (χ1n) is 3.58. The van der Waals surface area contributed by atoms with Gasteiger partial charge < -0.3 is 9.59 Å². The van der Waals surface area contributed by atoms with Crippen LogP contribution in [0.3, 0.4) is 0 Å². The van der Waals surface area contributed by atoms with E-state index in [1.807, 2.05) is 0 Å². The Morgan fingerprint density at radius 3 is 2.55 bits per heavy atom. The molecule has 0 saturated heterocycles. The molecule has 0 unspecified atom stereocenters. The van der Waals surface area contributed by atoms with Gasteiger partial charge in [0.15, 0.2) is 7.85 Å². The van der Waals surface area contributed by atoms with Crippen LogP contribution in [-0.4, -0.2) is 43.8 Å². The molecule has 0 heterocycles. The van der Waals surface area contributed by atoms with Crippen LogP contribution in [0, 0.1) is 0 Å². The van der Waals surface area contributed by atoms with Gasteiger partial charge in [-0.05, 0) is 19.9 Å². The highest BCUT2D eigenvalue weighted by atomic mass is 16.1. The van der Waals surface area contributed by atoms with E-state index in [-0.39, 0.29) is 12.2 Å². The number of hydrogen-bond donors (Lipinski definition) is 0. The Bertz CT molecular complexity index is 189. The van der Waals surface area contributed by atoms with Gasteiger partial charge in [0.1, 0.15) is 6.29 Å². The molecule has 1 saturated carbocycles. The maximum absolute atomic E-state index is 10.9. The Labute approximate surface area is 67.2 Å². The largest absolute Gasteiger partial charge is 0.311 e. The van der Waals surface area contributed by atoms with Crippen molar-refractivity contribution in [2.24, 2.45) is 0 Å². The lowest BCUT2D eigenvalue weighted by Gasteiger charge is -2.23. The maximum Gasteiger partial charge on any atom is 0.170 e. The highest BCUT2D eigenvalue weighted by molar-refractivity contribution is 6.60. The van der Waals surface area contributed by atoms with E-state index in [4.69, 9.17) is 7.85 Å². The zero-order valence-corrected chi connectivity index (χ0v) is 6.54. The minimum atomic E-state index is -0.499. The Balaban J connectivity index is 2.57. The van der Waals surface area contributed by atoms with Crippen LogP contribution < -0.4 is 0 Å². The van der Waals surface area contributed by atoms with Crippen molar-refractivity contribution in [2.75, 3.05) is 13.6 Å². The summed E-state index contributed by atoms with van der Waals surface area (Å²) in [5.41, 5.74) is -0.817. The molecule has 0 bridgehead atoms. The van der Waals surface area contributed by atoms with Crippen LogP contribution in [0.5, 0.6) is 0 Å². The summed E-state index contributed by atoms with van der Waals surface area (Å²) in [5.74, 6) is 0. The summed E-state index contributed by atoms with van der Waals surface area (Å²) in [7, 11) is 6.91. The van der Waals surface area contributed by atoms with Crippen LogP contribution in [0.1, 0.15) is 12.8 Å². The van der Waals surface area contributed by atoms with E-state index in [0.717, 1.165) is 19.1 Å². The van der Waals surface area contributed by atoms with Crippen LogP contribution >= 0.6 is 0 Å². The van der Waals surface area contributed by atoms with E-state index < -0.39 is 5.54 Å². The SMILES string of the molecule is [B]C(=O)C1(N(C)CC=O)CC1. The zero-order chi connectivity index (χ0) is 8.48. The lowest BCUT2D eigenvalue weighted by molar-refractivity contribution is -0.118. The molecule has 4 heteroatoms. The molecule has 11 heavy (non-hydrogen) atoms. The number of hydrogen-bond acceptors (Lipinski definition) is 3. The Morgan fingerprint density at radius 2 is 2.27 bits per heavy atom. The fraction of sp³-hybridized carbons (Fsp3) is 0.714. The van der Waals surface area contributed by atoms with Gasteiger partial charge in [0, 0.05) is 0 Å². The molecule has 0 amide bonds. The van der Waals surface area contributed by atoms with E-state index in [1.165, 1.54) is 0 Å². The maximum atomic E-state index is 10.9. The molecule has 0 aromatic heterocycles. The smallest absolute Gasteiger partial charge is 0.170 e. The average Bonchev–Trinajstić information content (AvgIpc) is 2.66. The molecule has 2 radical (unpaired) electrons. The lowest BCUT2D eigenvalue weighted by Crippen LogP contribution is -2.42. The van der Waals surface area contributed by atoms with E-state index in [9.17, 15) is 9.59 Å². The molecule has 1 aliphatic rings. The van der Waals surface area contributed by atoms with Gasteiger partial charge in [0.25, 0.3) is 0 Å². The number of aldehydes is 1. The van der Waals surface area contributed by atoms with Gasteiger partial charge in [0.2, 0.25) is 0 Å². The molecule has 3 nitrogen and oxygen atoms in total. The van der Waals surface area contributed by atoms with Crippen molar-refractivity contribution >= 4 is 19.8 Å². The number of carbonyl (C=O) groups excluding carboxylic acids is 2. The van der Waals surface area contributed by atoms with Gasteiger partial charge >= 0.3 is 0 Å². The van der Waals surface area contributed by atoms with Crippen LogP contribution in [0.4, 0.5) is 0 Å². The Morgan fingerprint density at radius 1 is 1.73 bits per heavy atom. The lowest BCUT2D eigenvalue weighted by atomic mass is 9.92. The fourth-order valence-electron chi connectivity index (χ4n) is 1.22. The number of carbonyl (C=O) groups is 2. The molecule has 1 rings (SSSR count). The van der Waals surface area contributed by atoms with Gasteiger partial charge in [-0.15, -0.1) is 0 Å². The quantitative estimate of drug-likeness (QED) is 0.395. The molecule has 0 aromatic carbocycles. The summed E-state index contributed by atoms with van der Waals surface area (Å²) >= 11 is 0. The van der Waals surface area contributed by atoms with Crippen LogP contribution in [0.2, 0.25) is 0 Å². The summed E-state index contributed by atoms with van der Waals surface area (Å²) in [6.07, 6.45) is 2.35. The minimum absolute atomic E-state index is 0.281. The van der Waals surface area contributed by atoms with Crippen molar-refractivity contribution in [1.82, 2.24) is 4.90 Å². The third kappa shape index (κ3) is 1.35.